The van der Waals surface area contributed by atoms with Gasteiger partial charge in [-0.15, -0.1) is 0 Å². The van der Waals surface area contributed by atoms with Crippen LogP contribution in [0.2, 0.25) is 0 Å². The average Bonchev–Trinajstić information content (AvgIpc) is 2.92. The molecular weight excluding hydrogens is 284 g/mol. The van der Waals surface area contributed by atoms with Gasteiger partial charge in [0.15, 0.2) is 0 Å². The highest BCUT2D eigenvalue weighted by molar-refractivity contribution is 5.79. The smallest absolute Gasteiger partial charge is 0.317 e. The van der Waals surface area contributed by atoms with E-state index in [1.54, 1.807) is 18.0 Å². The number of amides is 2. The minimum absolute atomic E-state index is 0.192. The summed E-state index contributed by atoms with van der Waals surface area (Å²) in [7, 11) is 0. The Kier molecular flexibility index (Phi) is 5.19. The van der Waals surface area contributed by atoms with Crippen LogP contribution in [-0.2, 0) is 4.79 Å². The molecule has 2 rings (SSSR count). The van der Waals surface area contributed by atoms with Crippen LogP contribution in [0.15, 0.2) is 24.4 Å². The molecule has 120 valence electrons. The molecule has 2 heterocycles. The lowest BCUT2D eigenvalue weighted by atomic mass is 9.90. The van der Waals surface area contributed by atoms with Crippen molar-refractivity contribution in [3.8, 4) is 0 Å². The zero-order valence-electron chi connectivity index (χ0n) is 12.7. The molecule has 7 nitrogen and oxygen atoms in total. The molecule has 2 amide bonds. The van der Waals surface area contributed by atoms with Crippen molar-refractivity contribution in [2.24, 2.45) is 5.41 Å². The standard InChI is InChI=1S/C15H22N4O3/c1-15(13(20)21)6-10-19(11-15)14(22)18-9-4-8-17-12-5-2-3-7-16-12/h2-3,5,7H,4,6,8-11H2,1H3,(H,16,17)(H,18,22)(H,20,21). The summed E-state index contributed by atoms with van der Waals surface area (Å²) >= 11 is 0. The molecule has 0 radical (unpaired) electrons. The van der Waals surface area contributed by atoms with Crippen molar-refractivity contribution in [2.45, 2.75) is 19.8 Å². The highest BCUT2D eigenvalue weighted by Crippen LogP contribution is 2.29. The lowest BCUT2D eigenvalue weighted by Gasteiger charge is -2.20. The van der Waals surface area contributed by atoms with Gasteiger partial charge < -0.3 is 20.6 Å². The Morgan fingerprint density at radius 1 is 1.41 bits per heavy atom. The number of carboxylic acids is 1. The van der Waals surface area contributed by atoms with Gasteiger partial charge in [0.05, 0.1) is 5.41 Å². The lowest BCUT2D eigenvalue weighted by molar-refractivity contribution is -0.146. The molecule has 1 fully saturated rings. The quantitative estimate of drug-likeness (QED) is 0.690. The van der Waals surface area contributed by atoms with E-state index in [0.29, 0.717) is 26.1 Å². The Morgan fingerprint density at radius 3 is 2.86 bits per heavy atom. The predicted octanol–water partition coefficient (Wildman–Crippen LogP) is 1.39. The van der Waals surface area contributed by atoms with Gasteiger partial charge in [-0.2, -0.15) is 0 Å². The molecule has 0 saturated carbocycles. The van der Waals surface area contributed by atoms with Crippen LogP contribution in [0.25, 0.3) is 0 Å². The third-order valence-electron chi connectivity index (χ3n) is 3.88. The molecule has 0 aromatic carbocycles. The van der Waals surface area contributed by atoms with E-state index in [0.717, 1.165) is 12.2 Å². The van der Waals surface area contributed by atoms with Gasteiger partial charge in [0.25, 0.3) is 0 Å². The van der Waals surface area contributed by atoms with Crippen molar-refractivity contribution in [1.82, 2.24) is 15.2 Å². The topological polar surface area (TPSA) is 94.6 Å². The number of carbonyl (C=O) groups is 2. The molecule has 0 spiro atoms. The zero-order valence-corrected chi connectivity index (χ0v) is 12.7. The van der Waals surface area contributed by atoms with Crippen molar-refractivity contribution in [1.29, 1.82) is 0 Å². The Balaban J connectivity index is 1.63. The predicted molar refractivity (Wildman–Crippen MR) is 82.7 cm³/mol. The van der Waals surface area contributed by atoms with Crippen molar-refractivity contribution in [3.05, 3.63) is 24.4 Å². The maximum absolute atomic E-state index is 12.0. The van der Waals surface area contributed by atoms with Gasteiger partial charge >= 0.3 is 12.0 Å². The Morgan fingerprint density at radius 2 is 2.23 bits per heavy atom. The molecule has 1 aliphatic heterocycles. The number of nitrogens with one attached hydrogen (secondary N) is 2. The Hall–Kier alpha value is -2.31. The first-order valence-corrected chi connectivity index (χ1v) is 7.42. The number of aliphatic carboxylic acids is 1. The molecule has 1 atom stereocenters. The maximum Gasteiger partial charge on any atom is 0.317 e. The molecule has 3 N–H and O–H groups in total. The fraction of sp³-hybridized carbons (Fsp3) is 0.533. The van der Waals surface area contributed by atoms with Gasteiger partial charge in [-0.05, 0) is 31.9 Å². The highest BCUT2D eigenvalue weighted by Gasteiger charge is 2.42. The summed E-state index contributed by atoms with van der Waals surface area (Å²) in [5, 5.41) is 15.1. The molecule has 0 aliphatic carbocycles. The highest BCUT2D eigenvalue weighted by atomic mass is 16.4. The molecule has 1 saturated heterocycles. The second kappa shape index (κ2) is 7.11. The van der Waals surface area contributed by atoms with E-state index in [-0.39, 0.29) is 12.6 Å². The van der Waals surface area contributed by atoms with Crippen LogP contribution in [-0.4, -0.2) is 53.2 Å². The molecule has 1 unspecified atom stereocenters. The first kappa shape index (κ1) is 16.1. The summed E-state index contributed by atoms with van der Waals surface area (Å²) in [6.45, 7) is 3.68. The second-order valence-electron chi connectivity index (χ2n) is 5.76. The van der Waals surface area contributed by atoms with Crippen molar-refractivity contribution >= 4 is 17.8 Å². The van der Waals surface area contributed by atoms with Crippen molar-refractivity contribution < 1.29 is 14.7 Å². The molecule has 22 heavy (non-hydrogen) atoms. The fourth-order valence-electron chi connectivity index (χ4n) is 2.39. The number of carboxylic acid groups (broad SMARTS) is 1. The first-order valence-electron chi connectivity index (χ1n) is 7.42. The van der Waals surface area contributed by atoms with Crippen LogP contribution < -0.4 is 10.6 Å². The van der Waals surface area contributed by atoms with E-state index >= 15 is 0 Å². The summed E-state index contributed by atoms with van der Waals surface area (Å²) in [4.78, 5) is 28.8. The minimum atomic E-state index is -0.845. The van der Waals surface area contributed by atoms with Gasteiger partial charge in [-0.3, -0.25) is 4.79 Å². The lowest BCUT2D eigenvalue weighted by Crippen LogP contribution is -2.41. The summed E-state index contributed by atoms with van der Waals surface area (Å²) in [6, 6.07) is 5.45. The Labute approximate surface area is 129 Å². The van der Waals surface area contributed by atoms with Gasteiger partial charge in [0.2, 0.25) is 0 Å². The summed E-state index contributed by atoms with van der Waals surface area (Å²) in [6.07, 6.45) is 2.99. The minimum Gasteiger partial charge on any atom is -0.481 e. The molecule has 1 aromatic heterocycles. The van der Waals surface area contributed by atoms with E-state index in [2.05, 4.69) is 15.6 Å². The van der Waals surface area contributed by atoms with Gasteiger partial charge in [0.1, 0.15) is 5.82 Å². The van der Waals surface area contributed by atoms with E-state index in [9.17, 15) is 9.59 Å². The van der Waals surface area contributed by atoms with E-state index < -0.39 is 11.4 Å². The molecule has 1 aliphatic rings. The number of rotatable bonds is 6. The Bertz CT molecular complexity index is 523. The number of hydrogen-bond acceptors (Lipinski definition) is 4. The van der Waals surface area contributed by atoms with Gasteiger partial charge in [-0.1, -0.05) is 6.07 Å². The average molecular weight is 306 g/mol. The van der Waals surface area contributed by atoms with Crippen LogP contribution in [0.3, 0.4) is 0 Å². The first-order chi connectivity index (χ1) is 10.5. The van der Waals surface area contributed by atoms with Gasteiger partial charge in [0, 0.05) is 32.4 Å². The van der Waals surface area contributed by atoms with Crippen LogP contribution in [0.1, 0.15) is 19.8 Å². The second-order valence-corrected chi connectivity index (χ2v) is 5.76. The molecule has 7 heteroatoms. The summed E-state index contributed by atoms with van der Waals surface area (Å²) in [5.74, 6) is -0.0343. The van der Waals surface area contributed by atoms with E-state index in [1.165, 1.54) is 0 Å². The van der Waals surface area contributed by atoms with E-state index in [1.807, 2.05) is 18.2 Å². The van der Waals surface area contributed by atoms with Crippen molar-refractivity contribution in [3.63, 3.8) is 0 Å². The number of anilines is 1. The largest absolute Gasteiger partial charge is 0.481 e. The van der Waals surface area contributed by atoms with Crippen LogP contribution in [0, 0.1) is 5.41 Å². The van der Waals surface area contributed by atoms with Crippen LogP contribution >= 0.6 is 0 Å². The monoisotopic (exact) mass is 306 g/mol. The fourth-order valence-corrected chi connectivity index (χ4v) is 2.39. The SMILES string of the molecule is CC1(C(=O)O)CCN(C(=O)NCCCNc2ccccn2)C1. The number of aromatic nitrogens is 1. The number of pyridine rings is 1. The molecule has 0 bridgehead atoms. The van der Waals surface area contributed by atoms with Gasteiger partial charge in [-0.25, -0.2) is 9.78 Å². The third kappa shape index (κ3) is 4.09. The normalized spacial score (nSPS) is 20.7. The van der Waals surface area contributed by atoms with Crippen LogP contribution in [0.5, 0.6) is 0 Å². The maximum atomic E-state index is 12.0. The van der Waals surface area contributed by atoms with Crippen molar-refractivity contribution in [2.75, 3.05) is 31.5 Å². The number of hydrogen-bond donors (Lipinski definition) is 3. The zero-order chi connectivity index (χ0) is 16.0. The number of urea groups is 1. The van der Waals surface area contributed by atoms with Crippen LogP contribution in [0.4, 0.5) is 10.6 Å². The summed E-state index contributed by atoms with van der Waals surface area (Å²) in [5.41, 5.74) is -0.822. The molecule has 1 aromatic rings. The molecular formula is C15H22N4O3. The van der Waals surface area contributed by atoms with E-state index in [4.69, 9.17) is 5.11 Å². The number of carbonyl (C=O) groups excluding carboxylic acids is 1. The number of nitrogens with zero attached hydrogens (tertiary/aromatic N) is 2. The summed E-state index contributed by atoms with van der Waals surface area (Å²) < 4.78 is 0. The number of likely N-dealkylation sites (tertiary alicyclic amines) is 1. The third-order valence-corrected chi connectivity index (χ3v) is 3.88.